The number of anilines is 1. The van der Waals surface area contributed by atoms with Gasteiger partial charge in [0.2, 0.25) is 0 Å². The molecule has 1 aliphatic carbocycles. The Morgan fingerprint density at radius 2 is 2.14 bits per heavy atom. The van der Waals surface area contributed by atoms with Crippen LogP contribution < -0.4 is 5.32 Å². The number of amides is 2. The minimum absolute atomic E-state index is 0.124. The highest BCUT2D eigenvalue weighted by Crippen LogP contribution is 2.40. The minimum Gasteiger partial charge on any atom is -0.322 e. The highest BCUT2D eigenvalue weighted by molar-refractivity contribution is 7.92. The molecule has 8 heteroatoms. The van der Waals surface area contributed by atoms with Gasteiger partial charge in [0.1, 0.15) is 5.82 Å². The third-order valence-corrected chi connectivity index (χ3v) is 6.76. The number of urea groups is 1. The molecule has 1 unspecified atom stereocenters. The fraction of sp³-hybridized carbons (Fsp3) is 0.714. The Balaban J connectivity index is 1.59. The predicted molar refractivity (Wildman–Crippen MR) is 83.5 cm³/mol. The summed E-state index contributed by atoms with van der Waals surface area (Å²) in [7, 11) is -3.05. The first-order valence-corrected chi connectivity index (χ1v) is 9.45. The van der Waals surface area contributed by atoms with Crippen LogP contribution in [0.5, 0.6) is 0 Å². The molecule has 0 bridgehead atoms. The molecular weight excluding hydrogens is 304 g/mol. The van der Waals surface area contributed by atoms with Gasteiger partial charge in [0, 0.05) is 24.9 Å². The van der Waals surface area contributed by atoms with Crippen LogP contribution in [0.15, 0.2) is 12.3 Å². The molecule has 2 heterocycles. The van der Waals surface area contributed by atoms with E-state index in [2.05, 4.69) is 17.3 Å². The lowest BCUT2D eigenvalue weighted by atomic mass is 10.2. The summed E-state index contributed by atoms with van der Waals surface area (Å²) in [5.41, 5.74) is 0. The number of likely N-dealkylation sites (tertiary alicyclic amines) is 1. The van der Waals surface area contributed by atoms with Gasteiger partial charge in [0.15, 0.2) is 9.84 Å². The Morgan fingerprint density at radius 1 is 1.45 bits per heavy atom. The third kappa shape index (κ3) is 2.84. The number of carbonyl (C=O) groups excluding carboxylic acids is 1. The van der Waals surface area contributed by atoms with E-state index < -0.39 is 15.1 Å². The van der Waals surface area contributed by atoms with Gasteiger partial charge < -0.3 is 4.90 Å². The second-order valence-corrected chi connectivity index (χ2v) is 8.72. The molecule has 1 aromatic rings. The number of carbonyl (C=O) groups is 1. The smallest absolute Gasteiger partial charge is 0.322 e. The summed E-state index contributed by atoms with van der Waals surface area (Å²) in [6.45, 7) is 4.28. The van der Waals surface area contributed by atoms with E-state index in [1.54, 1.807) is 19.2 Å². The second kappa shape index (κ2) is 5.57. The van der Waals surface area contributed by atoms with E-state index >= 15 is 0 Å². The molecular formula is C14H22N4O3S. The van der Waals surface area contributed by atoms with Crippen molar-refractivity contribution in [3.63, 3.8) is 0 Å². The Labute approximate surface area is 130 Å². The second-order valence-electron chi connectivity index (χ2n) is 6.15. The molecule has 1 N–H and O–H groups in total. The van der Waals surface area contributed by atoms with Gasteiger partial charge >= 0.3 is 6.03 Å². The molecule has 1 saturated heterocycles. The molecule has 7 nitrogen and oxygen atoms in total. The van der Waals surface area contributed by atoms with Crippen LogP contribution in [0.3, 0.4) is 0 Å². The van der Waals surface area contributed by atoms with Crippen molar-refractivity contribution in [1.29, 1.82) is 0 Å². The average molecular weight is 326 g/mol. The average Bonchev–Trinajstić information content (AvgIpc) is 3.17. The van der Waals surface area contributed by atoms with E-state index in [-0.39, 0.29) is 30.9 Å². The molecule has 2 fully saturated rings. The zero-order valence-electron chi connectivity index (χ0n) is 12.9. The van der Waals surface area contributed by atoms with Gasteiger partial charge in [-0.2, -0.15) is 5.10 Å². The molecule has 0 spiro atoms. The number of aromatic nitrogens is 2. The van der Waals surface area contributed by atoms with Gasteiger partial charge in [-0.3, -0.25) is 5.32 Å². The Bertz CT molecular complexity index is 659. The fourth-order valence-corrected chi connectivity index (χ4v) is 4.06. The van der Waals surface area contributed by atoms with Crippen molar-refractivity contribution < 1.29 is 13.2 Å². The van der Waals surface area contributed by atoms with E-state index in [9.17, 15) is 13.2 Å². The van der Waals surface area contributed by atoms with Gasteiger partial charge in [0.25, 0.3) is 0 Å². The van der Waals surface area contributed by atoms with Crippen LogP contribution in [0.4, 0.5) is 10.6 Å². The topological polar surface area (TPSA) is 84.3 Å². The zero-order valence-corrected chi connectivity index (χ0v) is 13.7. The Hall–Kier alpha value is -1.57. The quantitative estimate of drug-likeness (QED) is 0.889. The molecule has 2 amide bonds. The molecule has 1 atom stereocenters. The largest absolute Gasteiger partial charge is 0.323 e. The lowest BCUT2D eigenvalue weighted by Crippen LogP contribution is -2.58. The van der Waals surface area contributed by atoms with E-state index in [0.29, 0.717) is 11.7 Å². The number of hydrogen-bond acceptors (Lipinski definition) is 4. The van der Waals surface area contributed by atoms with Gasteiger partial charge in [-0.25, -0.2) is 17.9 Å². The lowest BCUT2D eigenvalue weighted by Gasteiger charge is -2.38. The molecule has 0 radical (unpaired) electrons. The number of hydrogen-bond donors (Lipinski definition) is 1. The van der Waals surface area contributed by atoms with E-state index in [1.807, 2.05) is 4.68 Å². The van der Waals surface area contributed by atoms with Crippen molar-refractivity contribution in [1.82, 2.24) is 14.7 Å². The molecule has 2 aliphatic rings. The van der Waals surface area contributed by atoms with Crippen LogP contribution in [0, 0.1) is 5.92 Å². The summed E-state index contributed by atoms with van der Waals surface area (Å²) in [4.78, 5) is 13.7. The zero-order chi connectivity index (χ0) is 15.9. The maximum absolute atomic E-state index is 12.2. The van der Waals surface area contributed by atoms with Crippen LogP contribution in [0.2, 0.25) is 0 Å². The van der Waals surface area contributed by atoms with E-state index in [1.165, 1.54) is 17.7 Å². The third-order valence-electron chi connectivity index (χ3n) is 4.64. The first-order valence-electron chi connectivity index (χ1n) is 7.73. The first-order chi connectivity index (χ1) is 10.4. The van der Waals surface area contributed by atoms with Crippen molar-refractivity contribution in [2.24, 2.45) is 5.92 Å². The van der Waals surface area contributed by atoms with Gasteiger partial charge in [0.05, 0.1) is 17.5 Å². The maximum atomic E-state index is 12.2. The molecule has 22 heavy (non-hydrogen) atoms. The highest BCUT2D eigenvalue weighted by Gasteiger charge is 2.39. The highest BCUT2D eigenvalue weighted by atomic mass is 32.2. The lowest BCUT2D eigenvalue weighted by molar-refractivity contribution is 0.182. The molecule has 1 aromatic heterocycles. The Morgan fingerprint density at radius 3 is 2.73 bits per heavy atom. The van der Waals surface area contributed by atoms with Crippen molar-refractivity contribution in [2.75, 3.05) is 24.2 Å². The molecule has 1 saturated carbocycles. The molecule has 122 valence electrons. The monoisotopic (exact) mass is 326 g/mol. The normalized spacial score (nSPS) is 20.5. The predicted octanol–water partition coefficient (Wildman–Crippen LogP) is 1.50. The molecule has 1 aliphatic heterocycles. The summed E-state index contributed by atoms with van der Waals surface area (Å²) in [6, 6.07) is 1.79. The van der Waals surface area contributed by atoms with Gasteiger partial charge in [-0.05, 0) is 25.7 Å². The first kappa shape index (κ1) is 15.3. The van der Waals surface area contributed by atoms with E-state index in [4.69, 9.17) is 0 Å². The van der Waals surface area contributed by atoms with Crippen LogP contribution in [0.25, 0.3) is 0 Å². The van der Waals surface area contributed by atoms with Crippen molar-refractivity contribution in [2.45, 2.75) is 38.0 Å². The standard InChI is InChI=1S/C14H22N4O3S/c1-3-22(20,21)12-8-17(9-12)14(19)16-13-6-7-15-18(13)10(2)11-4-5-11/h6-7,10-12H,3-5,8-9H2,1-2H3,(H,16,19). The molecule has 3 rings (SSSR count). The van der Waals surface area contributed by atoms with Gasteiger partial charge in [-0.1, -0.05) is 6.92 Å². The van der Waals surface area contributed by atoms with Crippen LogP contribution in [0.1, 0.15) is 32.7 Å². The summed E-state index contributed by atoms with van der Waals surface area (Å²) in [5, 5.41) is 6.71. The number of nitrogens with zero attached hydrogens (tertiary/aromatic N) is 3. The molecule has 0 aromatic carbocycles. The summed E-state index contributed by atoms with van der Waals surface area (Å²) in [5.74, 6) is 1.43. The summed E-state index contributed by atoms with van der Waals surface area (Å²) in [6.07, 6.45) is 4.09. The van der Waals surface area contributed by atoms with Crippen LogP contribution in [-0.2, 0) is 9.84 Å². The van der Waals surface area contributed by atoms with E-state index in [0.717, 1.165) is 0 Å². The van der Waals surface area contributed by atoms with Crippen molar-refractivity contribution >= 4 is 21.7 Å². The summed E-state index contributed by atoms with van der Waals surface area (Å²) < 4.78 is 25.3. The minimum atomic E-state index is -3.05. The number of rotatable bonds is 5. The van der Waals surface area contributed by atoms with Gasteiger partial charge in [-0.15, -0.1) is 0 Å². The maximum Gasteiger partial charge on any atom is 0.323 e. The fourth-order valence-electron chi connectivity index (χ4n) is 2.77. The SMILES string of the molecule is CCS(=O)(=O)C1CN(C(=O)Nc2ccnn2C(C)C2CC2)C1. The summed E-state index contributed by atoms with van der Waals surface area (Å²) >= 11 is 0. The van der Waals surface area contributed by atoms with Crippen molar-refractivity contribution in [3.8, 4) is 0 Å². The van der Waals surface area contributed by atoms with Crippen molar-refractivity contribution in [3.05, 3.63) is 12.3 Å². The van der Waals surface area contributed by atoms with Crippen LogP contribution >= 0.6 is 0 Å². The Kier molecular flexibility index (Phi) is 3.88. The van der Waals surface area contributed by atoms with Crippen LogP contribution in [-0.4, -0.2) is 53.2 Å². The number of nitrogens with one attached hydrogen (secondary N) is 1. The number of sulfone groups is 1.